The molecule has 1 aliphatic rings. The van der Waals surface area contributed by atoms with Crippen molar-refractivity contribution in [2.75, 3.05) is 0 Å². The number of carbonyl (C=O) groups is 2. The normalized spacial score (nSPS) is 30.2. The molecule has 0 spiro atoms. The summed E-state index contributed by atoms with van der Waals surface area (Å²) in [7, 11) is 0. The first-order chi connectivity index (χ1) is 7.58. The standard InChI is InChI=1S/C9H13F3N2O3/c1-4(2)3-5-6(15)14-8(17,7(16)13-5)9(10,11)12/h4-5,17H,3H2,1-2H3,(H,13,16)(H,14,15)/t5-,8+/m1/s1. The second-order valence-corrected chi connectivity index (χ2v) is 4.35. The summed E-state index contributed by atoms with van der Waals surface area (Å²) in [5.74, 6) is -2.68. The Morgan fingerprint density at radius 3 is 2.35 bits per heavy atom. The number of aliphatic hydroxyl groups is 1. The predicted octanol–water partition coefficient (Wildman–Crippen LogP) is -0.102. The van der Waals surface area contributed by atoms with E-state index in [0.717, 1.165) is 0 Å². The zero-order valence-electron chi connectivity index (χ0n) is 9.26. The van der Waals surface area contributed by atoms with Crippen LogP contribution in [0.15, 0.2) is 0 Å². The van der Waals surface area contributed by atoms with Gasteiger partial charge in [0.05, 0.1) is 0 Å². The number of alkyl halides is 3. The SMILES string of the molecule is CC(C)C[C@H]1NC(=O)[C@](O)(C(F)(F)F)NC1=O. The zero-order chi connectivity index (χ0) is 13.4. The van der Waals surface area contributed by atoms with E-state index >= 15 is 0 Å². The van der Waals surface area contributed by atoms with Crippen LogP contribution in [0.5, 0.6) is 0 Å². The minimum absolute atomic E-state index is 0.0168. The molecule has 3 N–H and O–H groups in total. The fraction of sp³-hybridized carbons (Fsp3) is 0.778. The summed E-state index contributed by atoms with van der Waals surface area (Å²) >= 11 is 0. The molecule has 0 radical (unpaired) electrons. The van der Waals surface area contributed by atoms with Gasteiger partial charge in [0.15, 0.2) is 0 Å². The van der Waals surface area contributed by atoms with Gasteiger partial charge in [-0.25, -0.2) is 0 Å². The fourth-order valence-electron chi connectivity index (χ4n) is 1.49. The lowest BCUT2D eigenvalue weighted by atomic mass is 9.98. The number of halogens is 3. The molecule has 8 heteroatoms. The van der Waals surface area contributed by atoms with Gasteiger partial charge in [0.1, 0.15) is 6.04 Å². The number of rotatable bonds is 2. The van der Waals surface area contributed by atoms with Crippen LogP contribution in [0.1, 0.15) is 20.3 Å². The molecule has 1 saturated heterocycles. The van der Waals surface area contributed by atoms with E-state index < -0.39 is 29.8 Å². The Bertz CT molecular complexity index is 343. The average molecular weight is 254 g/mol. The molecule has 2 atom stereocenters. The van der Waals surface area contributed by atoms with Crippen LogP contribution in [0.4, 0.5) is 13.2 Å². The van der Waals surface area contributed by atoms with Crippen molar-refractivity contribution in [1.29, 1.82) is 0 Å². The molecule has 2 amide bonds. The van der Waals surface area contributed by atoms with Crippen LogP contribution in [-0.4, -0.2) is 34.9 Å². The maximum atomic E-state index is 12.4. The van der Waals surface area contributed by atoms with Crippen molar-refractivity contribution in [3.8, 4) is 0 Å². The molecule has 5 nitrogen and oxygen atoms in total. The smallest absolute Gasteiger partial charge is 0.356 e. The van der Waals surface area contributed by atoms with E-state index in [1.54, 1.807) is 13.8 Å². The molecule has 0 saturated carbocycles. The first-order valence-electron chi connectivity index (χ1n) is 5.00. The van der Waals surface area contributed by atoms with Gasteiger partial charge in [0.2, 0.25) is 5.91 Å². The zero-order valence-corrected chi connectivity index (χ0v) is 9.26. The van der Waals surface area contributed by atoms with Crippen molar-refractivity contribution in [2.45, 2.75) is 38.2 Å². The molecule has 1 aliphatic heterocycles. The summed E-state index contributed by atoms with van der Waals surface area (Å²) in [6.07, 6.45) is -5.05. The molecule has 0 aliphatic carbocycles. The van der Waals surface area contributed by atoms with E-state index in [0.29, 0.717) is 0 Å². The highest BCUT2D eigenvalue weighted by Crippen LogP contribution is 2.30. The summed E-state index contributed by atoms with van der Waals surface area (Å²) in [5.41, 5.74) is -3.84. The predicted molar refractivity (Wildman–Crippen MR) is 50.5 cm³/mol. The first-order valence-corrected chi connectivity index (χ1v) is 5.00. The quantitative estimate of drug-likeness (QED) is 0.643. The van der Waals surface area contributed by atoms with Gasteiger partial charge < -0.3 is 15.7 Å². The third kappa shape index (κ3) is 2.51. The maximum absolute atomic E-state index is 12.4. The number of nitrogens with one attached hydrogen (secondary N) is 2. The molecule has 1 fully saturated rings. The van der Waals surface area contributed by atoms with E-state index in [9.17, 15) is 22.8 Å². The number of amides is 2. The third-order valence-electron chi connectivity index (χ3n) is 2.37. The van der Waals surface area contributed by atoms with Crippen molar-refractivity contribution in [3.05, 3.63) is 0 Å². The number of piperazine rings is 1. The minimum Gasteiger partial charge on any atom is -0.356 e. The van der Waals surface area contributed by atoms with E-state index in [1.807, 2.05) is 5.32 Å². The molecule has 0 aromatic carbocycles. The van der Waals surface area contributed by atoms with Gasteiger partial charge in [-0.05, 0) is 12.3 Å². The van der Waals surface area contributed by atoms with Crippen LogP contribution in [0.3, 0.4) is 0 Å². The Balaban J connectivity index is 2.88. The molecule has 0 bridgehead atoms. The summed E-state index contributed by atoms with van der Waals surface area (Å²) < 4.78 is 37.2. The largest absolute Gasteiger partial charge is 0.446 e. The van der Waals surface area contributed by atoms with Crippen LogP contribution in [0, 0.1) is 5.92 Å². The first kappa shape index (κ1) is 13.8. The summed E-state index contributed by atoms with van der Waals surface area (Å²) in [6, 6.07) is -1.05. The van der Waals surface area contributed by atoms with Crippen LogP contribution in [-0.2, 0) is 9.59 Å². The average Bonchev–Trinajstić information content (AvgIpc) is 2.11. The lowest BCUT2D eigenvalue weighted by Crippen LogP contribution is -2.75. The van der Waals surface area contributed by atoms with E-state index in [2.05, 4.69) is 0 Å². The monoisotopic (exact) mass is 254 g/mol. The lowest BCUT2D eigenvalue weighted by Gasteiger charge is -2.37. The van der Waals surface area contributed by atoms with Crippen molar-refractivity contribution < 1.29 is 27.9 Å². The van der Waals surface area contributed by atoms with Crippen molar-refractivity contribution in [2.24, 2.45) is 5.92 Å². The molecular weight excluding hydrogens is 241 g/mol. The van der Waals surface area contributed by atoms with Gasteiger partial charge in [0, 0.05) is 0 Å². The van der Waals surface area contributed by atoms with Crippen LogP contribution < -0.4 is 10.6 Å². The maximum Gasteiger partial charge on any atom is 0.446 e. The van der Waals surface area contributed by atoms with Gasteiger partial charge in [-0.15, -0.1) is 0 Å². The number of hydrogen-bond acceptors (Lipinski definition) is 3. The van der Waals surface area contributed by atoms with Crippen molar-refractivity contribution >= 4 is 11.8 Å². The second-order valence-electron chi connectivity index (χ2n) is 4.35. The molecule has 98 valence electrons. The van der Waals surface area contributed by atoms with E-state index in [1.165, 1.54) is 5.32 Å². The topological polar surface area (TPSA) is 78.4 Å². The van der Waals surface area contributed by atoms with Crippen molar-refractivity contribution in [1.82, 2.24) is 10.6 Å². The van der Waals surface area contributed by atoms with Gasteiger partial charge in [-0.3, -0.25) is 9.59 Å². The molecular formula is C9H13F3N2O3. The highest BCUT2D eigenvalue weighted by atomic mass is 19.4. The Hall–Kier alpha value is -1.31. The highest BCUT2D eigenvalue weighted by Gasteiger charge is 2.63. The summed E-state index contributed by atoms with van der Waals surface area (Å²) in [4.78, 5) is 22.6. The summed E-state index contributed by atoms with van der Waals surface area (Å²) in [5, 5.41) is 12.3. The number of hydrogen-bond donors (Lipinski definition) is 3. The fourth-order valence-corrected chi connectivity index (χ4v) is 1.49. The van der Waals surface area contributed by atoms with Crippen molar-refractivity contribution in [3.63, 3.8) is 0 Å². The van der Waals surface area contributed by atoms with Crippen LogP contribution >= 0.6 is 0 Å². The van der Waals surface area contributed by atoms with Gasteiger partial charge in [0.25, 0.3) is 5.91 Å². The van der Waals surface area contributed by atoms with Gasteiger partial charge in [-0.2, -0.15) is 13.2 Å². The van der Waals surface area contributed by atoms with Gasteiger partial charge in [-0.1, -0.05) is 13.8 Å². The Morgan fingerprint density at radius 2 is 1.94 bits per heavy atom. The Kier molecular flexibility index (Phi) is 3.37. The number of carbonyl (C=O) groups excluding carboxylic acids is 2. The molecule has 17 heavy (non-hydrogen) atoms. The second kappa shape index (κ2) is 4.17. The Labute approximate surface area is 95.4 Å². The minimum atomic E-state index is -5.25. The van der Waals surface area contributed by atoms with E-state index in [-0.39, 0.29) is 12.3 Å². The van der Waals surface area contributed by atoms with Crippen LogP contribution in [0.2, 0.25) is 0 Å². The highest BCUT2D eigenvalue weighted by molar-refractivity contribution is 5.99. The molecule has 0 aromatic rings. The van der Waals surface area contributed by atoms with Crippen LogP contribution in [0.25, 0.3) is 0 Å². The third-order valence-corrected chi connectivity index (χ3v) is 2.37. The Morgan fingerprint density at radius 1 is 1.41 bits per heavy atom. The lowest BCUT2D eigenvalue weighted by molar-refractivity contribution is -0.264. The molecule has 1 heterocycles. The summed E-state index contributed by atoms with van der Waals surface area (Å²) in [6.45, 7) is 3.51. The molecule has 0 aromatic heterocycles. The van der Waals surface area contributed by atoms with Gasteiger partial charge >= 0.3 is 11.9 Å². The molecule has 1 rings (SSSR count). The van der Waals surface area contributed by atoms with E-state index in [4.69, 9.17) is 5.11 Å². The molecule has 0 unspecified atom stereocenters.